The van der Waals surface area contributed by atoms with Crippen LogP contribution in [0.5, 0.6) is 0 Å². The van der Waals surface area contributed by atoms with Gasteiger partial charge in [-0.2, -0.15) is 4.98 Å². The second kappa shape index (κ2) is 11.7. The molecule has 10 nitrogen and oxygen atoms in total. The van der Waals surface area contributed by atoms with Gasteiger partial charge in [-0.05, 0) is 51.4 Å². The lowest BCUT2D eigenvalue weighted by atomic mass is 10.3. The highest BCUT2D eigenvalue weighted by molar-refractivity contribution is 7.79. The molecule has 0 radical (unpaired) electrons. The van der Waals surface area contributed by atoms with Crippen LogP contribution in [-0.2, 0) is 30.4 Å². The maximum absolute atomic E-state index is 6.02. The molecular formula is C21H29N5O5S2. The van der Waals surface area contributed by atoms with Crippen molar-refractivity contribution < 1.29 is 23.7 Å². The first kappa shape index (κ1) is 23.8. The van der Waals surface area contributed by atoms with Gasteiger partial charge in [-0.3, -0.25) is 4.57 Å². The number of thiocarbonyl (C=S) groups is 2. The summed E-state index contributed by atoms with van der Waals surface area (Å²) in [5.41, 5.74) is 6.90. The highest BCUT2D eigenvalue weighted by atomic mass is 32.1. The second-order valence-corrected chi connectivity index (χ2v) is 8.91. The molecule has 2 aromatic rings. The van der Waals surface area contributed by atoms with Gasteiger partial charge in [0, 0.05) is 24.4 Å². The zero-order valence-corrected chi connectivity index (χ0v) is 20.0. The van der Waals surface area contributed by atoms with Crippen molar-refractivity contribution >= 4 is 52.0 Å². The van der Waals surface area contributed by atoms with Crippen LogP contribution in [0.3, 0.4) is 0 Å². The van der Waals surface area contributed by atoms with Crippen LogP contribution in [0.2, 0.25) is 0 Å². The van der Waals surface area contributed by atoms with Gasteiger partial charge in [-0.15, -0.1) is 0 Å². The number of hydrogen-bond acceptors (Lipinski definition) is 11. The van der Waals surface area contributed by atoms with Gasteiger partial charge in [0.1, 0.15) is 43.8 Å². The summed E-state index contributed by atoms with van der Waals surface area (Å²) in [5.74, 6) is 0.163. The zero-order valence-electron chi connectivity index (χ0n) is 18.4. The molecule has 0 atom stereocenters. The van der Waals surface area contributed by atoms with Crippen LogP contribution >= 0.6 is 24.4 Å². The normalized spacial score (nSPS) is 17.0. The first-order valence-electron chi connectivity index (χ1n) is 11.3. The lowest BCUT2D eigenvalue weighted by molar-refractivity contribution is -0.0546. The van der Waals surface area contributed by atoms with Crippen LogP contribution in [0, 0.1) is 0 Å². The van der Waals surface area contributed by atoms with Crippen molar-refractivity contribution in [2.75, 3.05) is 18.9 Å². The number of nitrogen functional groups attached to an aromatic ring is 1. The summed E-state index contributed by atoms with van der Waals surface area (Å²) in [6.07, 6.45) is 11.5. The van der Waals surface area contributed by atoms with E-state index in [1.807, 2.05) is 0 Å². The molecule has 0 aliphatic heterocycles. The van der Waals surface area contributed by atoms with E-state index in [1.54, 1.807) is 17.1 Å². The number of ether oxygens (including phenoxy) is 5. The molecule has 0 aromatic carbocycles. The minimum atomic E-state index is -0.489. The monoisotopic (exact) mass is 495 g/mol. The maximum Gasteiger partial charge on any atom is 0.352 e. The standard InChI is InChI=1S/C21H29N5O5S2/c22-19-23-9-17-18(25-19)26(12-24-17)13-29-16(10-27-20(32)30-14-5-1-2-6-14)11-28-21(33)31-15-7-3-4-8-15/h9,12,14-16H,1-8,10-11,13H2,(H2,22,23,25). The Morgan fingerprint density at radius 3 is 2.12 bits per heavy atom. The summed E-state index contributed by atoms with van der Waals surface area (Å²) >= 11 is 10.5. The van der Waals surface area contributed by atoms with Gasteiger partial charge in [0.25, 0.3) is 0 Å². The summed E-state index contributed by atoms with van der Waals surface area (Å²) in [5, 5.41) is 0.239. The van der Waals surface area contributed by atoms with Gasteiger partial charge in [-0.25, -0.2) is 9.97 Å². The summed E-state index contributed by atoms with van der Waals surface area (Å²) in [4.78, 5) is 12.4. The lowest BCUT2D eigenvalue weighted by Gasteiger charge is -2.21. The van der Waals surface area contributed by atoms with Crippen molar-refractivity contribution in [3.63, 3.8) is 0 Å². The molecule has 0 spiro atoms. The van der Waals surface area contributed by atoms with Crippen LogP contribution in [0.25, 0.3) is 11.2 Å². The number of imidazole rings is 1. The fourth-order valence-corrected chi connectivity index (χ4v) is 4.38. The molecule has 33 heavy (non-hydrogen) atoms. The van der Waals surface area contributed by atoms with E-state index in [9.17, 15) is 0 Å². The van der Waals surface area contributed by atoms with Gasteiger partial charge in [0.05, 0.1) is 12.5 Å². The number of nitrogens with two attached hydrogens (primary N) is 1. The molecule has 2 aliphatic rings. The number of nitrogens with zero attached hydrogens (tertiary/aromatic N) is 4. The molecule has 2 N–H and O–H groups in total. The minimum absolute atomic E-state index is 0.119. The van der Waals surface area contributed by atoms with E-state index in [-0.39, 0.29) is 48.6 Å². The number of hydrogen-bond donors (Lipinski definition) is 1. The average Bonchev–Trinajstić information content (AvgIpc) is 3.56. The van der Waals surface area contributed by atoms with Gasteiger partial charge in [0.15, 0.2) is 5.65 Å². The maximum atomic E-state index is 6.02. The SMILES string of the molecule is Nc1ncc2ncn(COC(COC(=S)OC3CCCC3)COC(=S)OC3CCCC3)c2n1. The van der Waals surface area contributed by atoms with E-state index in [2.05, 4.69) is 15.0 Å². The largest absolute Gasteiger partial charge is 0.454 e. The minimum Gasteiger partial charge on any atom is -0.454 e. The molecule has 4 rings (SSSR count). The lowest BCUT2D eigenvalue weighted by Crippen LogP contribution is -2.30. The van der Waals surface area contributed by atoms with Crippen molar-refractivity contribution in [1.82, 2.24) is 19.5 Å². The molecule has 180 valence electrons. The Bertz CT molecular complexity index is 912. The van der Waals surface area contributed by atoms with Crippen LogP contribution < -0.4 is 5.73 Å². The Hall–Kier alpha value is -2.31. The van der Waals surface area contributed by atoms with Crippen LogP contribution in [0.4, 0.5) is 5.95 Å². The fraction of sp³-hybridized carbons (Fsp3) is 0.667. The third-order valence-corrected chi connectivity index (χ3v) is 6.16. The number of fused-ring (bicyclic) bond motifs is 1. The Morgan fingerprint density at radius 2 is 1.55 bits per heavy atom. The van der Waals surface area contributed by atoms with Crippen molar-refractivity contribution in [2.24, 2.45) is 0 Å². The van der Waals surface area contributed by atoms with Gasteiger partial charge in [0.2, 0.25) is 5.95 Å². The van der Waals surface area contributed by atoms with E-state index in [0.717, 1.165) is 51.4 Å². The van der Waals surface area contributed by atoms with Crippen LogP contribution in [-0.4, -0.2) is 61.5 Å². The topological polar surface area (TPSA) is 116 Å². The third kappa shape index (κ3) is 7.08. The van der Waals surface area contributed by atoms with E-state index >= 15 is 0 Å². The van der Waals surface area contributed by atoms with Gasteiger partial charge < -0.3 is 29.4 Å². The quantitative estimate of drug-likeness (QED) is 0.517. The highest BCUT2D eigenvalue weighted by Crippen LogP contribution is 2.22. The molecule has 12 heteroatoms. The fourth-order valence-electron chi connectivity index (χ4n) is 3.97. The van der Waals surface area contributed by atoms with Crippen molar-refractivity contribution in [1.29, 1.82) is 0 Å². The Balaban J connectivity index is 1.31. The molecule has 0 bridgehead atoms. The first-order valence-corrected chi connectivity index (χ1v) is 12.1. The van der Waals surface area contributed by atoms with Crippen molar-refractivity contribution in [3.8, 4) is 0 Å². The number of aromatic nitrogens is 4. The molecule has 2 saturated carbocycles. The molecule has 2 heterocycles. The molecule has 0 unspecified atom stereocenters. The van der Waals surface area contributed by atoms with E-state index in [4.69, 9.17) is 53.9 Å². The van der Waals surface area contributed by atoms with Crippen LogP contribution in [0.1, 0.15) is 51.4 Å². The molecule has 0 amide bonds. The first-order chi connectivity index (χ1) is 16.1. The summed E-state index contributed by atoms with van der Waals surface area (Å²) in [7, 11) is 0. The summed E-state index contributed by atoms with van der Waals surface area (Å²) in [6.45, 7) is 0.430. The molecular weight excluding hydrogens is 466 g/mol. The Morgan fingerprint density at radius 1 is 0.970 bits per heavy atom. The van der Waals surface area contributed by atoms with E-state index < -0.39 is 6.10 Å². The van der Waals surface area contributed by atoms with Gasteiger partial charge in [-0.1, -0.05) is 0 Å². The summed E-state index contributed by atoms with van der Waals surface area (Å²) in [6, 6.07) is 0. The van der Waals surface area contributed by atoms with Gasteiger partial charge >= 0.3 is 10.5 Å². The molecule has 2 aromatic heterocycles. The van der Waals surface area contributed by atoms with E-state index in [1.165, 1.54) is 0 Å². The average molecular weight is 496 g/mol. The molecule has 2 fully saturated rings. The number of anilines is 1. The highest BCUT2D eigenvalue weighted by Gasteiger charge is 2.22. The molecule has 2 aliphatic carbocycles. The summed E-state index contributed by atoms with van der Waals surface area (Å²) < 4.78 is 30.5. The Kier molecular flexibility index (Phi) is 8.46. The van der Waals surface area contributed by atoms with Crippen LogP contribution in [0.15, 0.2) is 12.5 Å². The van der Waals surface area contributed by atoms with E-state index in [0.29, 0.717) is 11.2 Å². The predicted molar refractivity (Wildman–Crippen MR) is 128 cm³/mol. The third-order valence-electron chi connectivity index (χ3n) is 5.73. The molecule has 0 saturated heterocycles. The van der Waals surface area contributed by atoms with Crippen molar-refractivity contribution in [3.05, 3.63) is 12.5 Å². The Labute approximate surface area is 203 Å². The second-order valence-electron chi connectivity index (χ2n) is 8.24. The number of rotatable bonds is 9. The zero-order chi connectivity index (χ0) is 23.0. The predicted octanol–water partition coefficient (Wildman–Crippen LogP) is 3.27. The van der Waals surface area contributed by atoms with Crippen molar-refractivity contribution in [2.45, 2.75) is 76.4 Å². The smallest absolute Gasteiger partial charge is 0.352 e.